The summed E-state index contributed by atoms with van der Waals surface area (Å²) in [4.78, 5) is 11.1. The van der Waals surface area contributed by atoms with Crippen LogP contribution in [-0.2, 0) is 16.0 Å². The van der Waals surface area contributed by atoms with Crippen molar-refractivity contribution in [3.63, 3.8) is 0 Å². The van der Waals surface area contributed by atoms with Gasteiger partial charge in [0.15, 0.2) is 11.6 Å². The van der Waals surface area contributed by atoms with E-state index in [1.165, 1.54) is 0 Å². The van der Waals surface area contributed by atoms with Gasteiger partial charge in [-0.25, -0.2) is 8.78 Å². The maximum absolute atomic E-state index is 12.8. The van der Waals surface area contributed by atoms with Crippen molar-refractivity contribution in [2.45, 2.75) is 13.3 Å². The number of hydrogen-bond donors (Lipinski definition) is 0. The highest BCUT2D eigenvalue weighted by molar-refractivity contribution is 9.10. The first-order chi connectivity index (χ1) is 7.04. The van der Waals surface area contributed by atoms with Crippen molar-refractivity contribution in [1.29, 1.82) is 0 Å². The molecule has 5 heteroatoms. The van der Waals surface area contributed by atoms with E-state index in [4.69, 9.17) is 4.74 Å². The average molecular weight is 279 g/mol. The fraction of sp³-hybridized carbons (Fsp3) is 0.300. The average Bonchev–Trinajstić information content (AvgIpc) is 2.14. The molecule has 0 N–H and O–H groups in total. The first-order valence-corrected chi connectivity index (χ1v) is 5.13. The Morgan fingerprint density at radius 2 is 2.00 bits per heavy atom. The SMILES string of the molecule is CCOC(=O)Cc1cc(F)c(F)cc1Br. The zero-order valence-electron chi connectivity index (χ0n) is 8.02. The molecule has 0 saturated heterocycles. The number of benzene rings is 1. The summed E-state index contributed by atoms with van der Waals surface area (Å²) in [5.74, 6) is -2.39. The fourth-order valence-electron chi connectivity index (χ4n) is 1.07. The topological polar surface area (TPSA) is 26.3 Å². The second-order valence-corrected chi connectivity index (χ2v) is 3.69. The number of halogens is 3. The van der Waals surface area contributed by atoms with Crippen molar-refractivity contribution < 1.29 is 18.3 Å². The molecule has 0 aromatic heterocycles. The van der Waals surface area contributed by atoms with Gasteiger partial charge in [-0.3, -0.25) is 4.79 Å². The van der Waals surface area contributed by atoms with Crippen molar-refractivity contribution in [1.82, 2.24) is 0 Å². The molecule has 0 saturated carbocycles. The quantitative estimate of drug-likeness (QED) is 0.628. The van der Waals surface area contributed by atoms with Gasteiger partial charge in [0.1, 0.15) is 0 Å². The van der Waals surface area contributed by atoms with Crippen LogP contribution in [0.15, 0.2) is 16.6 Å². The maximum Gasteiger partial charge on any atom is 0.310 e. The molecule has 0 fully saturated rings. The molecule has 1 aromatic carbocycles. The lowest BCUT2D eigenvalue weighted by Crippen LogP contribution is -2.08. The van der Waals surface area contributed by atoms with Crippen molar-refractivity contribution in [3.8, 4) is 0 Å². The molecule has 1 aromatic rings. The fourth-order valence-corrected chi connectivity index (χ4v) is 1.52. The second-order valence-electron chi connectivity index (χ2n) is 2.84. The zero-order chi connectivity index (χ0) is 11.4. The molecule has 0 atom stereocenters. The van der Waals surface area contributed by atoms with Gasteiger partial charge < -0.3 is 4.74 Å². The molecule has 2 nitrogen and oxygen atoms in total. The summed E-state index contributed by atoms with van der Waals surface area (Å²) in [5, 5.41) is 0. The molecule has 0 aliphatic carbocycles. The van der Waals surface area contributed by atoms with E-state index >= 15 is 0 Å². The number of rotatable bonds is 3. The Labute approximate surface area is 94.4 Å². The van der Waals surface area contributed by atoms with Crippen molar-refractivity contribution in [2.24, 2.45) is 0 Å². The number of hydrogen-bond acceptors (Lipinski definition) is 2. The monoisotopic (exact) mass is 278 g/mol. The molecule has 0 aliphatic rings. The van der Waals surface area contributed by atoms with Gasteiger partial charge in [0.2, 0.25) is 0 Å². The van der Waals surface area contributed by atoms with Gasteiger partial charge in [0.25, 0.3) is 0 Å². The van der Waals surface area contributed by atoms with E-state index in [0.29, 0.717) is 10.0 Å². The summed E-state index contributed by atoms with van der Waals surface area (Å²) in [5.41, 5.74) is 0.368. The summed E-state index contributed by atoms with van der Waals surface area (Å²) >= 11 is 3.05. The van der Waals surface area contributed by atoms with E-state index in [0.717, 1.165) is 12.1 Å². The number of carbonyl (C=O) groups is 1. The minimum Gasteiger partial charge on any atom is -0.466 e. The lowest BCUT2D eigenvalue weighted by molar-refractivity contribution is -0.142. The van der Waals surface area contributed by atoms with Gasteiger partial charge in [-0.1, -0.05) is 15.9 Å². The molecule has 0 bridgehead atoms. The molecular formula is C10H9BrF2O2. The van der Waals surface area contributed by atoms with E-state index < -0.39 is 17.6 Å². The van der Waals surface area contributed by atoms with Crippen LogP contribution in [0.1, 0.15) is 12.5 Å². The Morgan fingerprint density at radius 1 is 1.40 bits per heavy atom. The second kappa shape index (κ2) is 5.21. The number of carbonyl (C=O) groups excluding carboxylic acids is 1. The molecule has 0 spiro atoms. The van der Waals surface area contributed by atoms with E-state index in [2.05, 4.69) is 15.9 Å². The third kappa shape index (κ3) is 3.27. The number of ether oxygens (including phenoxy) is 1. The van der Waals surface area contributed by atoms with Crippen molar-refractivity contribution in [2.75, 3.05) is 6.61 Å². The van der Waals surface area contributed by atoms with Crippen LogP contribution in [0, 0.1) is 11.6 Å². The van der Waals surface area contributed by atoms with Crippen LogP contribution in [0.4, 0.5) is 8.78 Å². The predicted octanol–water partition coefficient (Wildman–Crippen LogP) is 2.83. The lowest BCUT2D eigenvalue weighted by Gasteiger charge is -2.05. The molecule has 0 heterocycles. The highest BCUT2D eigenvalue weighted by Gasteiger charge is 2.11. The van der Waals surface area contributed by atoms with Crippen LogP contribution in [-0.4, -0.2) is 12.6 Å². The van der Waals surface area contributed by atoms with Gasteiger partial charge in [-0.15, -0.1) is 0 Å². The highest BCUT2D eigenvalue weighted by Crippen LogP contribution is 2.21. The maximum atomic E-state index is 12.8. The van der Waals surface area contributed by atoms with E-state index in [9.17, 15) is 13.6 Å². The summed E-state index contributed by atoms with van der Waals surface area (Å²) < 4.78 is 30.6. The Hall–Kier alpha value is -0.970. The van der Waals surface area contributed by atoms with Crippen molar-refractivity contribution >= 4 is 21.9 Å². The summed E-state index contributed by atoms with van der Waals surface area (Å²) in [6.07, 6.45) is -0.0778. The molecular weight excluding hydrogens is 270 g/mol. The Morgan fingerprint density at radius 3 is 2.60 bits per heavy atom. The van der Waals surface area contributed by atoms with Gasteiger partial charge in [0.05, 0.1) is 13.0 Å². The minimum absolute atomic E-state index is 0.0778. The molecule has 0 unspecified atom stereocenters. The largest absolute Gasteiger partial charge is 0.466 e. The molecule has 0 aliphatic heterocycles. The Bertz CT molecular complexity index is 380. The summed E-state index contributed by atoms with van der Waals surface area (Å²) in [6, 6.07) is 1.97. The van der Waals surface area contributed by atoms with Crippen LogP contribution in [0.3, 0.4) is 0 Å². The van der Waals surface area contributed by atoms with Gasteiger partial charge in [-0.2, -0.15) is 0 Å². The zero-order valence-corrected chi connectivity index (χ0v) is 9.61. The van der Waals surface area contributed by atoms with Crippen LogP contribution >= 0.6 is 15.9 Å². The lowest BCUT2D eigenvalue weighted by atomic mass is 10.1. The smallest absolute Gasteiger partial charge is 0.310 e. The van der Waals surface area contributed by atoms with Crippen molar-refractivity contribution in [3.05, 3.63) is 33.8 Å². The van der Waals surface area contributed by atoms with Gasteiger partial charge in [-0.05, 0) is 24.6 Å². The standard InChI is InChI=1S/C10H9BrF2O2/c1-2-15-10(14)4-6-3-8(12)9(13)5-7(6)11/h3,5H,2,4H2,1H3. The Balaban J connectivity index is 2.86. The van der Waals surface area contributed by atoms with E-state index in [1.807, 2.05) is 0 Å². The van der Waals surface area contributed by atoms with Crippen LogP contribution in [0.25, 0.3) is 0 Å². The van der Waals surface area contributed by atoms with Crippen LogP contribution < -0.4 is 0 Å². The first kappa shape index (κ1) is 12.1. The molecule has 15 heavy (non-hydrogen) atoms. The molecule has 0 radical (unpaired) electrons. The Kier molecular flexibility index (Phi) is 4.20. The van der Waals surface area contributed by atoms with Crippen LogP contribution in [0.5, 0.6) is 0 Å². The third-order valence-corrected chi connectivity index (χ3v) is 2.47. The normalized spacial score (nSPS) is 10.1. The van der Waals surface area contributed by atoms with Gasteiger partial charge in [0, 0.05) is 4.47 Å². The van der Waals surface area contributed by atoms with Gasteiger partial charge >= 0.3 is 5.97 Å². The first-order valence-electron chi connectivity index (χ1n) is 4.33. The summed E-state index contributed by atoms with van der Waals surface area (Å²) in [7, 11) is 0. The van der Waals surface area contributed by atoms with E-state index in [-0.39, 0.29) is 13.0 Å². The summed E-state index contributed by atoms with van der Waals surface area (Å²) in [6.45, 7) is 1.94. The minimum atomic E-state index is -0.975. The molecule has 0 amide bonds. The van der Waals surface area contributed by atoms with Crippen LogP contribution in [0.2, 0.25) is 0 Å². The van der Waals surface area contributed by atoms with E-state index in [1.54, 1.807) is 6.92 Å². The molecule has 1 rings (SSSR count). The molecule has 82 valence electrons. The third-order valence-electron chi connectivity index (χ3n) is 1.73. The highest BCUT2D eigenvalue weighted by atomic mass is 79.9. The number of esters is 1. The predicted molar refractivity (Wildman–Crippen MR) is 54.4 cm³/mol.